The van der Waals surface area contributed by atoms with Gasteiger partial charge in [0.1, 0.15) is 11.5 Å². The molecule has 2 rings (SSSR count). The lowest BCUT2D eigenvalue weighted by molar-refractivity contribution is 0.602. The molecule has 0 saturated carbocycles. The summed E-state index contributed by atoms with van der Waals surface area (Å²) in [5, 5.41) is 0. The zero-order chi connectivity index (χ0) is 18.4. The lowest BCUT2D eigenvalue weighted by atomic mass is 10.2. The molecule has 0 fully saturated rings. The number of unbranched alkanes of at least 4 members (excludes halogenated alkanes) is 1. The van der Waals surface area contributed by atoms with Gasteiger partial charge >= 0.3 is 5.69 Å². The van der Waals surface area contributed by atoms with Crippen molar-refractivity contribution in [3.8, 4) is 0 Å². The third-order valence-corrected chi connectivity index (χ3v) is 4.92. The van der Waals surface area contributed by atoms with Crippen LogP contribution in [0, 0.1) is 0 Å². The van der Waals surface area contributed by atoms with E-state index >= 15 is 0 Å². The van der Waals surface area contributed by atoms with Crippen molar-refractivity contribution < 1.29 is 0 Å². The average molecular weight is 362 g/mol. The lowest BCUT2D eigenvalue weighted by Crippen LogP contribution is -2.38. The van der Waals surface area contributed by atoms with E-state index in [4.69, 9.17) is 5.73 Å². The molecule has 1 aromatic heterocycles. The van der Waals surface area contributed by atoms with E-state index in [1.54, 1.807) is 11.8 Å². The average Bonchev–Trinajstić information content (AvgIpc) is 2.61. The maximum atomic E-state index is 12.4. The minimum absolute atomic E-state index is 0.241. The van der Waals surface area contributed by atoms with Gasteiger partial charge in [-0.3, -0.25) is 14.3 Å². The van der Waals surface area contributed by atoms with Crippen LogP contribution in [0.25, 0.3) is 0 Å². The van der Waals surface area contributed by atoms with Crippen molar-refractivity contribution in [3.05, 3.63) is 50.7 Å². The van der Waals surface area contributed by atoms with E-state index < -0.39 is 11.2 Å². The molecule has 0 unspecified atom stereocenters. The van der Waals surface area contributed by atoms with Crippen LogP contribution in [0.15, 0.2) is 38.8 Å². The molecule has 136 valence electrons. The van der Waals surface area contributed by atoms with Crippen molar-refractivity contribution in [2.24, 2.45) is 0 Å². The van der Waals surface area contributed by atoms with Gasteiger partial charge in [-0.05, 0) is 37.3 Å². The number of anilines is 2. The summed E-state index contributed by atoms with van der Waals surface area (Å²) in [4.78, 5) is 30.0. The lowest BCUT2D eigenvalue weighted by Gasteiger charge is -2.25. The zero-order valence-corrected chi connectivity index (χ0v) is 15.9. The molecule has 25 heavy (non-hydrogen) atoms. The third kappa shape index (κ3) is 4.48. The Balaban J connectivity index is 2.38. The standard InChI is InChI=1S/C18H26N4O2S/c1-4-6-11-22-16(19)15(17(23)20-18(22)24)21(5-2)12-13-7-9-14(25-3)10-8-13/h7-10H,4-6,11-12,19H2,1-3H3,(H,20,23,24). The molecule has 0 bridgehead atoms. The summed E-state index contributed by atoms with van der Waals surface area (Å²) in [5.41, 5.74) is 6.78. The van der Waals surface area contributed by atoms with Crippen molar-refractivity contribution in [1.29, 1.82) is 0 Å². The molecule has 1 heterocycles. The highest BCUT2D eigenvalue weighted by Gasteiger charge is 2.18. The van der Waals surface area contributed by atoms with Crippen molar-refractivity contribution in [3.63, 3.8) is 0 Å². The molecule has 0 saturated heterocycles. The van der Waals surface area contributed by atoms with Gasteiger partial charge in [0.25, 0.3) is 5.56 Å². The minimum Gasteiger partial charge on any atom is -0.383 e. The van der Waals surface area contributed by atoms with Crippen LogP contribution in [0.1, 0.15) is 32.3 Å². The van der Waals surface area contributed by atoms with E-state index in [9.17, 15) is 9.59 Å². The van der Waals surface area contributed by atoms with Crippen LogP contribution in [0.3, 0.4) is 0 Å². The van der Waals surface area contributed by atoms with Gasteiger partial charge in [-0.1, -0.05) is 25.5 Å². The summed E-state index contributed by atoms with van der Waals surface area (Å²) in [6.45, 7) is 5.69. The summed E-state index contributed by atoms with van der Waals surface area (Å²) in [6.07, 6.45) is 3.81. The number of hydrogen-bond donors (Lipinski definition) is 2. The number of nitrogen functional groups attached to an aromatic ring is 1. The molecular formula is C18H26N4O2S. The molecule has 0 amide bonds. The van der Waals surface area contributed by atoms with Gasteiger partial charge in [-0.15, -0.1) is 11.8 Å². The summed E-state index contributed by atoms with van der Waals surface area (Å²) in [7, 11) is 0. The number of benzene rings is 1. The Morgan fingerprint density at radius 3 is 2.44 bits per heavy atom. The highest BCUT2D eigenvalue weighted by molar-refractivity contribution is 7.98. The molecule has 2 aromatic rings. The molecule has 0 atom stereocenters. The molecule has 3 N–H and O–H groups in total. The molecule has 0 aliphatic rings. The second kappa shape index (κ2) is 8.80. The van der Waals surface area contributed by atoms with E-state index in [-0.39, 0.29) is 5.82 Å². The Morgan fingerprint density at radius 1 is 1.20 bits per heavy atom. The quantitative estimate of drug-likeness (QED) is 0.705. The normalized spacial score (nSPS) is 10.8. The predicted molar refractivity (Wildman–Crippen MR) is 106 cm³/mol. The first kappa shape index (κ1) is 19.2. The molecule has 1 aromatic carbocycles. The summed E-state index contributed by atoms with van der Waals surface area (Å²) >= 11 is 1.69. The Labute approximate surface area is 152 Å². The number of aromatic nitrogens is 2. The van der Waals surface area contributed by atoms with Crippen molar-refractivity contribution in [2.75, 3.05) is 23.4 Å². The molecule has 0 aliphatic carbocycles. The molecule has 0 radical (unpaired) electrons. The molecule has 0 spiro atoms. The van der Waals surface area contributed by atoms with Crippen LogP contribution in [0.5, 0.6) is 0 Å². The minimum atomic E-state index is -0.444. The van der Waals surface area contributed by atoms with E-state index in [1.165, 1.54) is 9.46 Å². The maximum absolute atomic E-state index is 12.4. The number of H-pyrrole nitrogens is 1. The van der Waals surface area contributed by atoms with E-state index in [0.717, 1.165) is 18.4 Å². The second-order valence-electron chi connectivity index (χ2n) is 5.86. The van der Waals surface area contributed by atoms with Gasteiger partial charge in [0.2, 0.25) is 0 Å². The first-order valence-corrected chi connectivity index (χ1v) is 9.74. The van der Waals surface area contributed by atoms with E-state index in [0.29, 0.717) is 25.3 Å². The number of rotatable bonds is 8. The number of nitrogens with two attached hydrogens (primary N) is 1. The van der Waals surface area contributed by atoms with Crippen LogP contribution in [0.2, 0.25) is 0 Å². The number of aromatic amines is 1. The van der Waals surface area contributed by atoms with Crippen molar-refractivity contribution in [2.45, 2.75) is 44.7 Å². The highest BCUT2D eigenvalue weighted by Crippen LogP contribution is 2.21. The fourth-order valence-corrected chi connectivity index (χ4v) is 3.13. The Kier molecular flexibility index (Phi) is 6.75. The van der Waals surface area contributed by atoms with Gasteiger partial charge in [-0.25, -0.2) is 4.79 Å². The highest BCUT2D eigenvalue weighted by atomic mass is 32.2. The number of nitrogens with zero attached hydrogens (tertiary/aromatic N) is 2. The topological polar surface area (TPSA) is 84.1 Å². The van der Waals surface area contributed by atoms with E-state index in [2.05, 4.69) is 17.1 Å². The third-order valence-electron chi connectivity index (χ3n) is 4.18. The number of thioether (sulfide) groups is 1. The fourth-order valence-electron chi connectivity index (χ4n) is 2.72. The second-order valence-corrected chi connectivity index (χ2v) is 6.74. The molecule has 0 aliphatic heterocycles. The SMILES string of the molecule is CCCCn1c(N)c(N(CC)Cc2ccc(SC)cc2)c(=O)[nH]c1=O. The van der Waals surface area contributed by atoms with Crippen LogP contribution < -0.4 is 21.9 Å². The van der Waals surface area contributed by atoms with Crippen molar-refractivity contribution in [1.82, 2.24) is 9.55 Å². The Morgan fingerprint density at radius 2 is 1.88 bits per heavy atom. The number of hydrogen-bond acceptors (Lipinski definition) is 5. The Bertz CT molecular complexity index is 811. The molecule has 7 heteroatoms. The number of nitrogens with one attached hydrogen (secondary N) is 1. The van der Waals surface area contributed by atoms with Crippen LogP contribution in [-0.4, -0.2) is 22.4 Å². The largest absolute Gasteiger partial charge is 0.383 e. The summed E-state index contributed by atoms with van der Waals surface area (Å²) in [5.74, 6) is 0.241. The maximum Gasteiger partial charge on any atom is 0.330 e. The first-order valence-electron chi connectivity index (χ1n) is 8.52. The van der Waals surface area contributed by atoms with Gasteiger partial charge in [0, 0.05) is 24.5 Å². The smallest absolute Gasteiger partial charge is 0.330 e. The zero-order valence-electron chi connectivity index (χ0n) is 15.0. The molecular weight excluding hydrogens is 336 g/mol. The fraction of sp³-hybridized carbons (Fsp3) is 0.444. The summed E-state index contributed by atoms with van der Waals surface area (Å²) < 4.78 is 1.46. The van der Waals surface area contributed by atoms with Gasteiger partial charge in [0.15, 0.2) is 0 Å². The van der Waals surface area contributed by atoms with Gasteiger partial charge in [-0.2, -0.15) is 0 Å². The molecule has 6 nitrogen and oxygen atoms in total. The predicted octanol–water partition coefficient (Wildman–Crippen LogP) is 2.67. The van der Waals surface area contributed by atoms with Crippen molar-refractivity contribution >= 4 is 23.3 Å². The first-order chi connectivity index (χ1) is 12.0. The monoisotopic (exact) mass is 362 g/mol. The van der Waals surface area contributed by atoms with Gasteiger partial charge in [0.05, 0.1) is 0 Å². The van der Waals surface area contributed by atoms with E-state index in [1.807, 2.05) is 37.1 Å². The summed E-state index contributed by atoms with van der Waals surface area (Å²) in [6, 6.07) is 8.21. The van der Waals surface area contributed by atoms with Crippen LogP contribution in [-0.2, 0) is 13.1 Å². The van der Waals surface area contributed by atoms with Gasteiger partial charge < -0.3 is 10.6 Å². The Hall–Kier alpha value is -2.15. The van der Waals surface area contributed by atoms with Crippen LogP contribution >= 0.6 is 11.8 Å². The van der Waals surface area contributed by atoms with Crippen LogP contribution in [0.4, 0.5) is 11.5 Å².